The molecule has 1 aromatic carbocycles. The fraction of sp³-hybridized carbons (Fsp3) is 0.417. The van der Waals surface area contributed by atoms with E-state index >= 15 is 0 Å². The number of hydrogen-bond donors (Lipinski definition) is 1. The molecule has 1 fully saturated rings. The normalized spacial score (nSPS) is 21.0. The van der Waals surface area contributed by atoms with Gasteiger partial charge in [0.05, 0.1) is 16.0 Å². The quantitative estimate of drug-likeness (QED) is 0.907. The zero-order valence-electron chi connectivity index (χ0n) is 10.1. The standard InChI is InChI=1S/C12H14BrNO4S/c13-10-3-1-2-4-11(10)18-12(15)14-7-9-5-6-19(16,17)8-9/h1-4,9H,5-8H2,(H,14,15). The van der Waals surface area contributed by atoms with Gasteiger partial charge in [-0.1, -0.05) is 12.1 Å². The van der Waals surface area contributed by atoms with E-state index in [0.717, 1.165) is 0 Å². The average Bonchev–Trinajstić information content (AvgIpc) is 2.69. The Kier molecular flexibility index (Phi) is 4.46. The van der Waals surface area contributed by atoms with E-state index < -0.39 is 15.9 Å². The van der Waals surface area contributed by atoms with Crippen molar-refractivity contribution in [3.63, 3.8) is 0 Å². The zero-order valence-corrected chi connectivity index (χ0v) is 12.5. The number of carbonyl (C=O) groups is 1. The third-order valence-electron chi connectivity index (χ3n) is 2.90. The van der Waals surface area contributed by atoms with E-state index in [1.807, 2.05) is 6.07 Å². The molecule has 1 saturated heterocycles. The number of rotatable bonds is 3. The minimum Gasteiger partial charge on any atom is -0.409 e. The highest BCUT2D eigenvalue weighted by Crippen LogP contribution is 2.24. The molecule has 0 aromatic heterocycles. The van der Waals surface area contributed by atoms with Gasteiger partial charge < -0.3 is 10.1 Å². The molecule has 1 aliphatic heterocycles. The molecular weight excluding hydrogens is 334 g/mol. The molecule has 0 aliphatic carbocycles. The minimum atomic E-state index is -2.91. The number of halogens is 1. The fourth-order valence-corrected chi connectivity index (χ4v) is 4.15. The third kappa shape index (κ3) is 4.21. The van der Waals surface area contributed by atoms with Crippen molar-refractivity contribution >= 4 is 31.9 Å². The van der Waals surface area contributed by atoms with Crippen LogP contribution in [0.4, 0.5) is 4.79 Å². The van der Waals surface area contributed by atoms with E-state index in [-0.39, 0.29) is 17.4 Å². The van der Waals surface area contributed by atoms with Crippen LogP contribution in [0.5, 0.6) is 5.75 Å². The molecule has 2 rings (SSSR count). The maximum absolute atomic E-state index is 11.6. The van der Waals surface area contributed by atoms with Crippen molar-refractivity contribution in [2.45, 2.75) is 6.42 Å². The molecule has 0 saturated carbocycles. The van der Waals surface area contributed by atoms with Crippen LogP contribution in [0.15, 0.2) is 28.7 Å². The van der Waals surface area contributed by atoms with Crippen molar-refractivity contribution in [3.05, 3.63) is 28.7 Å². The maximum atomic E-state index is 11.6. The molecule has 0 spiro atoms. The van der Waals surface area contributed by atoms with E-state index in [9.17, 15) is 13.2 Å². The summed E-state index contributed by atoms with van der Waals surface area (Å²) >= 11 is 3.27. The Hall–Kier alpha value is -1.08. The Bertz CT molecular complexity index is 573. The molecule has 1 aromatic rings. The smallest absolute Gasteiger partial charge is 0.409 e. The van der Waals surface area contributed by atoms with Crippen molar-refractivity contribution in [2.24, 2.45) is 5.92 Å². The van der Waals surface area contributed by atoms with Crippen LogP contribution < -0.4 is 10.1 Å². The first kappa shape index (κ1) is 14.3. The predicted molar refractivity (Wildman–Crippen MR) is 74.9 cm³/mol. The monoisotopic (exact) mass is 347 g/mol. The van der Waals surface area contributed by atoms with Crippen LogP contribution in [0.3, 0.4) is 0 Å². The summed E-state index contributed by atoms with van der Waals surface area (Å²) < 4.78 is 28.3. The summed E-state index contributed by atoms with van der Waals surface area (Å²) in [4.78, 5) is 11.6. The first-order valence-corrected chi connectivity index (χ1v) is 8.48. The first-order chi connectivity index (χ1) is 8.96. The van der Waals surface area contributed by atoms with E-state index in [2.05, 4.69) is 21.2 Å². The van der Waals surface area contributed by atoms with Gasteiger partial charge in [-0.15, -0.1) is 0 Å². The molecule has 19 heavy (non-hydrogen) atoms. The number of para-hydroxylation sites is 1. The van der Waals surface area contributed by atoms with Crippen molar-refractivity contribution in [2.75, 3.05) is 18.1 Å². The molecule has 0 bridgehead atoms. The molecule has 1 N–H and O–H groups in total. The van der Waals surface area contributed by atoms with Crippen molar-refractivity contribution in [3.8, 4) is 5.75 Å². The number of benzene rings is 1. The maximum Gasteiger partial charge on any atom is 0.412 e. The van der Waals surface area contributed by atoms with Crippen LogP contribution >= 0.6 is 15.9 Å². The van der Waals surface area contributed by atoms with Gasteiger partial charge in [0.15, 0.2) is 9.84 Å². The number of carbonyl (C=O) groups excluding carboxylic acids is 1. The van der Waals surface area contributed by atoms with Gasteiger partial charge in [-0.05, 0) is 40.4 Å². The van der Waals surface area contributed by atoms with Crippen LogP contribution in [0.1, 0.15) is 6.42 Å². The van der Waals surface area contributed by atoms with Gasteiger partial charge in [0.25, 0.3) is 0 Å². The lowest BCUT2D eigenvalue weighted by Gasteiger charge is -2.10. The van der Waals surface area contributed by atoms with Crippen LogP contribution in [0, 0.1) is 5.92 Å². The Morgan fingerprint density at radius 3 is 2.79 bits per heavy atom. The Labute approximate surface area is 120 Å². The van der Waals surface area contributed by atoms with E-state index in [4.69, 9.17) is 4.74 Å². The summed E-state index contributed by atoms with van der Waals surface area (Å²) in [5.74, 6) is 0.761. The van der Waals surface area contributed by atoms with Gasteiger partial charge >= 0.3 is 6.09 Å². The van der Waals surface area contributed by atoms with Crippen molar-refractivity contribution in [1.29, 1.82) is 0 Å². The second-order valence-electron chi connectivity index (χ2n) is 4.47. The molecule has 0 radical (unpaired) electrons. The number of amides is 1. The second-order valence-corrected chi connectivity index (χ2v) is 7.55. The van der Waals surface area contributed by atoms with Gasteiger partial charge in [0, 0.05) is 6.54 Å². The zero-order chi connectivity index (χ0) is 13.9. The summed E-state index contributed by atoms with van der Waals surface area (Å²) in [6.07, 6.45) is 0.0219. The highest BCUT2D eigenvalue weighted by atomic mass is 79.9. The first-order valence-electron chi connectivity index (χ1n) is 5.87. The molecule has 5 nitrogen and oxygen atoms in total. The predicted octanol–water partition coefficient (Wildman–Crippen LogP) is 1.97. The third-order valence-corrected chi connectivity index (χ3v) is 5.39. The molecule has 1 heterocycles. The largest absolute Gasteiger partial charge is 0.412 e. The molecule has 1 unspecified atom stereocenters. The van der Waals surface area contributed by atoms with Gasteiger partial charge in [-0.3, -0.25) is 0 Å². The van der Waals surface area contributed by atoms with E-state index in [1.54, 1.807) is 18.2 Å². The fourth-order valence-electron chi connectivity index (χ4n) is 1.92. The van der Waals surface area contributed by atoms with Crippen LogP contribution in [-0.4, -0.2) is 32.6 Å². The number of hydrogen-bond acceptors (Lipinski definition) is 4. The molecule has 7 heteroatoms. The molecule has 1 aliphatic rings. The van der Waals surface area contributed by atoms with Crippen LogP contribution in [-0.2, 0) is 9.84 Å². The van der Waals surface area contributed by atoms with E-state index in [1.165, 1.54) is 0 Å². The van der Waals surface area contributed by atoms with Crippen LogP contribution in [0.25, 0.3) is 0 Å². The van der Waals surface area contributed by atoms with Gasteiger partial charge in [0.1, 0.15) is 5.75 Å². The summed E-state index contributed by atoms with van der Waals surface area (Å²) in [6.45, 7) is 0.322. The highest BCUT2D eigenvalue weighted by molar-refractivity contribution is 9.10. The summed E-state index contributed by atoms with van der Waals surface area (Å²) in [5.41, 5.74) is 0. The van der Waals surface area contributed by atoms with Gasteiger partial charge in [0.2, 0.25) is 0 Å². The minimum absolute atomic E-state index is 0.0169. The lowest BCUT2D eigenvalue weighted by Crippen LogP contribution is -2.32. The van der Waals surface area contributed by atoms with E-state index in [0.29, 0.717) is 23.2 Å². The SMILES string of the molecule is O=C(NCC1CCS(=O)(=O)C1)Oc1ccccc1Br. The van der Waals surface area contributed by atoms with Crippen molar-refractivity contribution < 1.29 is 17.9 Å². The average molecular weight is 348 g/mol. The summed E-state index contributed by atoms with van der Waals surface area (Å²) in [6, 6.07) is 7.02. The Balaban J connectivity index is 1.81. The Morgan fingerprint density at radius 1 is 1.42 bits per heavy atom. The topological polar surface area (TPSA) is 72.5 Å². The summed E-state index contributed by atoms with van der Waals surface area (Å²) in [5, 5.41) is 2.59. The summed E-state index contributed by atoms with van der Waals surface area (Å²) in [7, 11) is -2.91. The molecule has 1 amide bonds. The van der Waals surface area contributed by atoms with Crippen LogP contribution in [0.2, 0.25) is 0 Å². The van der Waals surface area contributed by atoms with Gasteiger partial charge in [-0.25, -0.2) is 13.2 Å². The number of nitrogens with one attached hydrogen (secondary N) is 1. The highest BCUT2D eigenvalue weighted by Gasteiger charge is 2.28. The van der Waals surface area contributed by atoms with Gasteiger partial charge in [-0.2, -0.15) is 0 Å². The number of ether oxygens (including phenoxy) is 1. The molecule has 104 valence electrons. The molecule has 1 atom stereocenters. The Morgan fingerprint density at radius 2 is 2.16 bits per heavy atom. The van der Waals surface area contributed by atoms with Crippen molar-refractivity contribution in [1.82, 2.24) is 5.32 Å². The number of sulfone groups is 1. The second kappa shape index (κ2) is 5.92. The molecular formula is C12H14BrNO4S. The lowest BCUT2D eigenvalue weighted by molar-refractivity contribution is 0.198. The lowest BCUT2D eigenvalue weighted by atomic mass is 10.1.